The van der Waals surface area contributed by atoms with Crippen molar-refractivity contribution in [3.8, 4) is 5.69 Å². The molecule has 1 aliphatic rings. The topological polar surface area (TPSA) is 84.2 Å². The molecule has 0 spiro atoms. The third-order valence-electron chi connectivity index (χ3n) is 5.65. The SMILES string of the molecule is O=C(NC(C(=O)O)C1CCC(F)(F)CC1)c1ccc(-n2cnc3ccccc32)cc1. The number of hydrogen-bond acceptors (Lipinski definition) is 3. The van der Waals surface area contributed by atoms with Crippen LogP contribution in [0.5, 0.6) is 0 Å². The van der Waals surface area contributed by atoms with E-state index in [1.807, 2.05) is 28.8 Å². The Hall–Kier alpha value is -3.29. The van der Waals surface area contributed by atoms with E-state index in [0.29, 0.717) is 5.56 Å². The van der Waals surface area contributed by atoms with Gasteiger partial charge < -0.3 is 10.4 Å². The van der Waals surface area contributed by atoms with Crippen molar-refractivity contribution < 1.29 is 23.5 Å². The van der Waals surface area contributed by atoms with Gasteiger partial charge in [0.15, 0.2) is 0 Å². The number of para-hydroxylation sites is 2. The molecule has 2 aromatic carbocycles. The predicted molar refractivity (Wildman–Crippen MR) is 107 cm³/mol. The standard InChI is InChI=1S/C22H21F2N3O3/c23-22(24)11-9-14(10-12-22)19(21(29)30)26-20(28)15-5-7-16(8-6-15)27-13-25-17-3-1-2-4-18(17)27/h1-8,13-14,19H,9-12H2,(H,26,28)(H,29,30). The summed E-state index contributed by atoms with van der Waals surface area (Å²) in [4.78, 5) is 28.6. The Morgan fingerprint density at radius 2 is 1.77 bits per heavy atom. The maximum atomic E-state index is 13.4. The lowest BCUT2D eigenvalue weighted by molar-refractivity contribution is -0.142. The minimum absolute atomic E-state index is 0.0664. The molecule has 1 atom stereocenters. The highest BCUT2D eigenvalue weighted by atomic mass is 19.3. The molecule has 2 N–H and O–H groups in total. The highest BCUT2D eigenvalue weighted by Gasteiger charge is 2.40. The number of benzene rings is 2. The molecule has 1 unspecified atom stereocenters. The van der Waals surface area contributed by atoms with Gasteiger partial charge in [-0.15, -0.1) is 0 Å². The number of alkyl halides is 2. The quantitative estimate of drug-likeness (QED) is 0.661. The Bertz CT molecular complexity index is 1070. The smallest absolute Gasteiger partial charge is 0.326 e. The molecule has 8 heteroatoms. The summed E-state index contributed by atoms with van der Waals surface area (Å²) in [5.41, 5.74) is 2.89. The lowest BCUT2D eigenvalue weighted by atomic mass is 9.82. The van der Waals surface area contributed by atoms with Gasteiger partial charge in [0.05, 0.1) is 11.0 Å². The number of carbonyl (C=O) groups excluding carboxylic acids is 1. The van der Waals surface area contributed by atoms with Crippen molar-refractivity contribution in [2.45, 2.75) is 37.6 Å². The first kappa shape index (κ1) is 20.0. The van der Waals surface area contributed by atoms with Crippen molar-refractivity contribution in [2.75, 3.05) is 0 Å². The molecule has 1 amide bonds. The normalized spacial score (nSPS) is 17.5. The summed E-state index contributed by atoms with van der Waals surface area (Å²) >= 11 is 0. The molecule has 1 saturated carbocycles. The Balaban J connectivity index is 1.48. The Labute approximate surface area is 171 Å². The van der Waals surface area contributed by atoms with Gasteiger partial charge in [0.2, 0.25) is 5.92 Å². The first-order valence-electron chi connectivity index (χ1n) is 9.78. The van der Waals surface area contributed by atoms with Crippen molar-refractivity contribution in [2.24, 2.45) is 5.92 Å². The maximum absolute atomic E-state index is 13.4. The minimum atomic E-state index is -2.75. The number of aromatic nitrogens is 2. The van der Waals surface area contributed by atoms with Gasteiger partial charge in [0.25, 0.3) is 5.91 Å². The summed E-state index contributed by atoms with van der Waals surface area (Å²) in [5.74, 6) is -5.01. The Morgan fingerprint density at radius 3 is 2.43 bits per heavy atom. The van der Waals surface area contributed by atoms with E-state index >= 15 is 0 Å². The van der Waals surface area contributed by atoms with Crippen molar-refractivity contribution in [1.82, 2.24) is 14.9 Å². The van der Waals surface area contributed by atoms with Crippen LogP contribution in [-0.4, -0.2) is 38.5 Å². The fourth-order valence-corrected chi connectivity index (χ4v) is 3.94. The van der Waals surface area contributed by atoms with Gasteiger partial charge in [-0.3, -0.25) is 9.36 Å². The highest BCUT2D eigenvalue weighted by Crippen LogP contribution is 2.37. The summed E-state index contributed by atoms with van der Waals surface area (Å²) in [7, 11) is 0. The average Bonchev–Trinajstić information content (AvgIpc) is 3.16. The second kappa shape index (κ2) is 7.85. The van der Waals surface area contributed by atoms with E-state index in [4.69, 9.17) is 0 Å². The number of imidazole rings is 1. The van der Waals surface area contributed by atoms with Gasteiger partial charge in [-0.2, -0.15) is 0 Å². The number of nitrogens with zero attached hydrogens (tertiary/aromatic N) is 2. The molecular weight excluding hydrogens is 392 g/mol. The van der Waals surface area contributed by atoms with E-state index in [1.165, 1.54) is 0 Å². The molecule has 1 aromatic heterocycles. The summed E-state index contributed by atoms with van der Waals surface area (Å²) in [5, 5.41) is 12.0. The maximum Gasteiger partial charge on any atom is 0.326 e. The van der Waals surface area contributed by atoms with Crippen LogP contribution in [0.1, 0.15) is 36.0 Å². The first-order chi connectivity index (χ1) is 14.3. The molecule has 0 aliphatic heterocycles. The number of amides is 1. The fourth-order valence-electron chi connectivity index (χ4n) is 3.94. The molecule has 1 aliphatic carbocycles. The van der Waals surface area contributed by atoms with Crippen LogP contribution in [0.15, 0.2) is 54.9 Å². The van der Waals surface area contributed by atoms with Gasteiger partial charge in [-0.1, -0.05) is 12.1 Å². The van der Waals surface area contributed by atoms with Crippen LogP contribution >= 0.6 is 0 Å². The Kier molecular flexibility index (Phi) is 5.24. The van der Waals surface area contributed by atoms with E-state index in [0.717, 1.165) is 16.7 Å². The van der Waals surface area contributed by atoms with Gasteiger partial charge >= 0.3 is 5.97 Å². The van der Waals surface area contributed by atoms with Crippen molar-refractivity contribution >= 4 is 22.9 Å². The minimum Gasteiger partial charge on any atom is -0.480 e. The zero-order valence-corrected chi connectivity index (χ0v) is 16.1. The van der Waals surface area contributed by atoms with E-state index in [2.05, 4.69) is 10.3 Å². The lowest BCUT2D eigenvalue weighted by Gasteiger charge is -2.32. The molecule has 3 aromatic rings. The molecule has 1 heterocycles. The average molecular weight is 413 g/mol. The van der Waals surface area contributed by atoms with Crippen molar-refractivity contribution in [1.29, 1.82) is 0 Å². The summed E-state index contributed by atoms with van der Waals surface area (Å²) in [6.45, 7) is 0. The first-order valence-corrected chi connectivity index (χ1v) is 9.78. The number of carboxylic acid groups (broad SMARTS) is 1. The lowest BCUT2D eigenvalue weighted by Crippen LogP contribution is -2.47. The van der Waals surface area contributed by atoms with Crippen molar-refractivity contribution in [3.63, 3.8) is 0 Å². The number of carboxylic acids is 1. The highest BCUT2D eigenvalue weighted by molar-refractivity contribution is 5.96. The van der Waals surface area contributed by atoms with E-state index in [-0.39, 0.29) is 25.7 Å². The monoisotopic (exact) mass is 413 g/mol. The number of carbonyl (C=O) groups is 2. The van der Waals surface area contributed by atoms with Crippen LogP contribution < -0.4 is 5.32 Å². The third kappa shape index (κ3) is 4.03. The molecule has 30 heavy (non-hydrogen) atoms. The van der Waals surface area contributed by atoms with Gasteiger partial charge in [-0.05, 0) is 55.2 Å². The van der Waals surface area contributed by atoms with E-state index < -0.39 is 29.8 Å². The van der Waals surface area contributed by atoms with Gasteiger partial charge in [-0.25, -0.2) is 18.6 Å². The number of rotatable bonds is 5. The van der Waals surface area contributed by atoms with Crippen LogP contribution in [-0.2, 0) is 4.79 Å². The Morgan fingerprint density at radius 1 is 1.10 bits per heavy atom. The summed E-state index contributed by atoms with van der Waals surface area (Å²) in [6.07, 6.45) is 1.11. The second-order valence-corrected chi connectivity index (χ2v) is 7.63. The summed E-state index contributed by atoms with van der Waals surface area (Å²) < 4.78 is 28.6. The van der Waals surface area contributed by atoms with Gasteiger partial charge in [0.1, 0.15) is 12.4 Å². The molecule has 0 saturated heterocycles. The van der Waals surface area contributed by atoms with Crippen LogP contribution in [0.25, 0.3) is 16.7 Å². The molecule has 1 fully saturated rings. The molecule has 6 nitrogen and oxygen atoms in total. The van der Waals surface area contributed by atoms with E-state index in [1.54, 1.807) is 30.6 Å². The van der Waals surface area contributed by atoms with Crippen LogP contribution in [0.2, 0.25) is 0 Å². The largest absolute Gasteiger partial charge is 0.480 e. The third-order valence-corrected chi connectivity index (χ3v) is 5.65. The van der Waals surface area contributed by atoms with Crippen LogP contribution in [0.4, 0.5) is 8.78 Å². The molecule has 156 valence electrons. The summed E-state index contributed by atoms with van der Waals surface area (Å²) in [6, 6.07) is 13.2. The number of nitrogens with one attached hydrogen (secondary N) is 1. The molecule has 0 radical (unpaired) electrons. The van der Waals surface area contributed by atoms with Crippen LogP contribution in [0.3, 0.4) is 0 Å². The zero-order chi connectivity index (χ0) is 21.3. The molecule has 4 rings (SSSR count). The van der Waals surface area contributed by atoms with Crippen LogP contribution in [0, 0.1) is 5.92 Å². The van der Waals surface area contributed by atoms with E-state index in [9.17, 15) is 23.5 Å². The predicted octanol–water partition coefficient (Wildman–Crippen LogP) is 4.03. The number of aliphatic carboxylic acids is 1. The number of hydrogen-bond donors (Lipinski definition) is 2. The van der Waals surface area contributed by atoms with Crippen molar-refractivity contribution in [3.05, 3.63) is 60.4 Å². The number of halogens is 2. The molecular formula is C22H21F2N3O3. The van der Waals surface area contributed by atoms with Gasteiger partial charge in [0, 0.05) is 24.1 Å². The number of fused-ring (bicyclic) bond motifs is 1. The zero-order valence-electron chi connectivity index (χ0n) is 16.1. The fraction of sp³-hybridized carbons (Fsp3) is 0.318. The molecule has 0 bridgehead atoms. The second-order valence-electron chi connectivity index (χ2n) is 7.63.